The van der Waals surface area contributed by atoms with Gasteiger partial charge in [0.25, 0.3) is 0 Å². The van der Waals surface area contributed by atoms with E-state index in [2.05, 4.69) is 10.3 Å². The van der Waals surface area contributed by atoms with Crippen molar-refractivity contribution in [3.63, 3.8) is 0 Å². The number of hydrogen-bond acceptors (Lipinski definition) is 4. The van der Waals surface area contributed by atoms with E-state index in [1.807, 2.05) is 31.2 Å². The quantitative estimate of drug-likeness (QED) is 0.875. The minimum absolute atomic E-state index is 0.158. The molecule has 104 valence electrons. The SMILES string of the molecule is COc1ccccc1CNc1cc(C)ncc1C(=O)O. The Bertz CT molecular complexity index is 626. The Labute approximate surface area is 117 Å². The minimum atomic E-state index is -1.000. The van der Waals surface area contributed by atoms with E-state index in [0.717, 1.165) is 17.0 Å². The predicted molar refractivity (Wildman–Crippen MR) is 76.3 cm³/mol. The molecule has 0 radical (unpaired) electrons. The molecule has 2 N–H and O–H groups in total. The van der Waals surface area contributed by atoms with Crippen LogP contribution in [0.5, 0.6) is 5.75 Å². The van der Waals surface area contributed by atoms with Crippen LogP contribution in [0.4, 0.5) is 5.69 Å². The number of ether oxygens (including phenoxy) is 1. The van der Waals surface area contributed by atoms with Gasteiger partial charge in [0.15, 0.2) is 0 Å². The Kier molecular flexibility index (Phi) is 4.20. The van der Waals surface area contributed by atoms with Gasteiger partial charge in [-0.15, -0.1) is 0 Å². The van der Waals surface area contributed by atoms with Gasteiger partial charge >= 0.3 is 5.97 Å². The first-order valence-electron chi connectivity index (χ1n) is 6.17. The van der Waals surface area contributed by atoms with Crippen LogP contribution in [0.2, 0.25) is 0 Å². The van der Waals surface area contributed by atoms with Crippen LogP contribution in [0.25, 0.3) is 0 Å². The molecule has 0 bridgehead atoms. The molecular formula is C15H16N2O3. The van der Waals surface area contributed by atoms with Crippen LogP contribution in [0.3, 0.4) is 0 Å². The highest BCUT2D eigenvalue weighted by Crippen LogP contribution is 2.21. The number of aryl methyl sites for hydroxylation is 1. The number of carbonyl (C=O) groups is 1. The van der Waals surface area contributed by atoms with Crippen LogP contribution in [0.1, 0.15) is 21.6 Å². The largest absolute Gasteiger partial charge is 0.496 e. The zero-order valence-electron chi connectivity index (χ0n) is 11.4. The molecule has 0 aliphatic heterocycles. The summed E-state index contributed by atoms with van der Waals surface area (Å²) in [5, 5.41) is 12.3. The molecule has 0 aliphatic rings. The van der Waals surface area contributed by atoms with Gasteiger partial charge in [-0.05, 0) is 19.1 Å². The average Bonchev–Trinajstić information content (AvgIpc) is 2.45. The Morgan fingerprint density at radius 3 is 2.85 bits per heavy atom. The average molecular weight is 272 g/mol. The number of aromatic carboxylic acids is 1. The molecule has 0 saturated carbocycles. The molecule has 1 aromatic heterocycles. The number of nitrogens with zero attached hydrogens (tertiary/aromatic N) is 1. The fourth-order valence-corrected chi connectivity index (χ4v) is 1.92. The van der Waals surface area contributed by atoms with Crippen molar-refractivity contribution < 1.29 is 14.6 Å². The minimum Gasteiger partial charge on any atom is -0.496 e. The molecule has 1 aromatic carbocycles. The van der Waals surface area contributed by atoms with Crippen LogP contribution < -0.4 is 10.1 Å². The van der Waals surface area contributed by atoms with Gasteiger partial charge in [-0.2, -0.15) is 0 Å². The maximum Gasteiger partial charge on any atom is 0.339 e. The fraction of sp³-hybridized carbons (Fsp3) is 0.200. The second-order valence-corrected chi connectivity index (χ2v) is 4.34. The zero-order chi connectivity index (χ0) is 14.5. The molecule has 0 aliphatic carbocycles. The first-order valence-corrected chi connectivity index (χ1v) is 6.17. The molecule has 0 atom stereocenters. The first-order chi connectivity index (χ1) is 9.61. The monoisotopic (exact) mass is 272 g/mol. The molecule has 0 amide bonds. The van der Waals surface area contributed by atoms with Gasteiger partial charge in [0.05, 0.1) is 12.8 Å². The van der Waals surface area contributed by atoms with Crippen LogP contribution in [-0.4, -0.2) is 23.2 Å². The lowest BCUT2D eigenvalue weighted by molar-refractivity contribution is 0.0697. The topological polar surface area (TPSA) is 71.5 Å². The van der Waals surface area contributed by atoms with E-state index in [-0.39, 0.29) is 5.56 Å². The summed E-state index contributed by atoms with van der Waals surface area (Å²) in [6, 6.07) is 9.32. The molecule has 1 heterocycles. The van der Waals surface area contributed by atoms with E-state index in [1.165, 1.54) is 6.20 Å². The summed E-state index contributed by atoms with van der Waals surface area (Å²) in [5.74, 6) is -0.234. The van der Waals surface area contributed by atoms with Crippen LogP contribution in [0.15, 0.2) is 36.5 Å². The van der Waals surface area contributed by atoms with Gasteiger partial charge in [0.1, 0.15) is 11.3 Å². The number of pyridine rings is 1. The lowest BCUT2D eigenvalue weighted by Gasteiger charge is -2.12. The standard InChI is InChI=1S/C15H16N2O3/c1-10-7-13(12(9-16-10)15(18)19)17-8-11-5-3-4-6-14(11)20-2/h3-7,9H,8H2,1-2H3,(H,16,17)(H,18,19). The highest BCUT2D eigenvalue weighted by Gasteiger charge is 2.11. The summed E-state index contributed by atoms with van der Waals surface area (Å²) in [4.78, 5) is 15.2. The molecule has 5 nitrogen and oxygen atoms in total. The molecule has 2 rings (SSSR count). The van der Waals surface area contributed by atoms with Crippen molar-refractivity contribution in [3.8, 4) is 5.75 Å². The van der Waals surface area contributed by atoms with E-state index in [4.69, 9.17) is 9.84 Å². The first kappa shape index (κ1) is 13.9. The lowest BCUT2D eigenvalue weighted by Crippen LogP contribution is -2.08. The van der Waals surface area contributed by atoms with E-state index >= 15 is 0 Å². The Morgan fingerprint density at radius 1 is 1.40 bits per heavy atom. The molecule has 0 unspecified atom stereocenters. The summed E-state index contributed by atoms with van der Waals surface area (Å²) in [5.41, 5.74) is 2.43. The number of carboxylic acids is 1. The van der Waals surface area contributed by atoms with Gasteiger partial charge in [0.2, 0.25) is 0 Å². The van der Waals surface area contributed by atoms with E-state index in [1.54, 1.807) is 13.2 Å². The van der Waals surface area contributed by atoms with Crippen LogP contribution in [0, 0.1) is 6.92 Å². The van der Waals surface area contributed by atoms with Gasteiger partial charge in [0, 0.05) is 24.0 Å². The summed E-state index contributed by atoms with van der Waals surface area (Å²) in [6.07, 6.45) is 1.36. The number of rotatable bonds is 5. The third-order valence-electron chi connectivity index (χ3n) is 2.93. The smallest absolute Gasteiger partial charge is 0.339 e. The van der Waals surface area contributed by atoms with Crippen molar-refractivity contribution in [2.24, 2.45) is 0 Å². The van der Waals surface area contributed by atoms with Gasteiger partial charge < -0.3 is 15.2 Å². The Morgan fingerprint density at radius 2 is 2.15 bits per heavy atom. The zero-order valence-corrected chi connectivity index (χ0v) is 11.4. The van der Waals surface area contributed by atoms with Crippen molar-refractivity contribution >= 4 is 11.7 Å². The maximum atomic E-state index is 11.2. The molecule has 5 heteroatoms. The molecule has 0 saturated heterocycles. The van der Waals surface area contributed by atoms with E-state index < -0.39 is 5.97 Å². The number of benzene rings is 1. The number of carboxylic acid groups (broad SMARTS) is 1. The number of nitrogens with one attached hydrogen (secondary N) is 1. The van der Waals surface area contributed by atoms with Crippen molar-refractivity contribution in [1.29, 1.82) is 0 Å². The normalized spacial score (nSPS) is 10.1. The number of anilines is 1. The van der Waals surface area contributed by atoms with Gasteiger partial charge in [-0.1, -0.05) is 18.2 Å². The summed E-state index contributed by atoms with van der Waals surface area (Å²) in [7, 11) is 1.61. The summed E-state index contributed by atoms with van der Waals surface area (Å²) in [6.45, 7) is 2.30. The molecule has 2 aromatic rings. The van der Waals surface area contributed by atoms with Crippen LogP contribution in [-0.2, 0) is 6.54 Å². The molecule has 20 heavy (non-hydrogen) atoms. The third kappa shape index (κ3) is 3.06. The highest BCUT2D eigenvalue weighted by atomic mass is 16.5. The van der Waals surface area contributed by atoms with Crippen molar-refractivity contribution in [2.75, 3.05) is 12.4 Å². The number of aromatic nitrogens is 1. The lowest BCUT2D eigenvalue weighted by atomic mass is 10.1. The molecule has 0 spiro atoms. The van der Waals surface area contributed by atoms with Crippen LogP contribution >= 0.6 is 0 Å². The highest BCUT2D eigenvalue weighted by molar-refractivity contribution is 5.93. The van der Waals surface area contributed by atoms with E-state index in [9.17, 15) is 4.79 Å². The van der Waals surface area contributed by atoms with Crippen molar-refractivity contribution in [2.45, 2.75) is 13.5 Å². The number of para-hydroxylation sites is 1. The maximum absolute atomic E-state index is 11.2. The Hall–Kier alpha value is -2.56. The molecular weight excluding hydrogens is 256 g/mol. The van der Waals surface area contributed by atoms with E-state index in [0.29, 0.717) is 12.2 Å². The Balaban J connectivity index is 2.22. The predicted octanol–water partition coefficient (Wildman–Crippen LogP) is 2.71. The van der Waals surface area contributed by atoms with Crippen molar-refractivity contribution in [1.82, 2.24) is 4.98 Å². The number of methoxy groups -OCH3 is 1. The van der Waals surface area contributed by atoms with Gasteiger partial charge in [-0.3, -0.25) is 4.98 Å². The summed E-state index contributed by atoms with van der Waals surface area (Å²) >= 11 is 0. The summed E-state index contributed by atoms with van der Waals surface area (Å²) < 4.78 is 5.27. The second kappa shape index (κ2) is 6.06. The third-order valence-corrected chi connectivity index (χ3v) is 2.93. The molecule has 0 fully saturated rings. The fourth-order valence-electron chi connectivity index (χ4n) is 1.92. The van der Waals surface area contributed by atoms with Gasteiger partial charge in [-0.25, -0.2) is 4.79 Å². The van der Waals surface area contributed by atoms with Crippen molar-refractivity contribution in [3.05, 3.63) is 53.3 Å². The number of hydrogen-bond donors (Lipinski definition) is 2. The second-order valence-electron chi connectivity index (χ2n) is 4.34.